The van der Waals surface area contributed by atoms with E-state index in [1.54, 1.807) is 0 Å². The number of nitrogens with two attached hydrogens (primary N) is 1. The largest absolute Gasteiger partial charge is 0.351 e. The molecule has 0 heterocycles. The molecule has 0 aromatic rings. The summed E-state index contributed by atoms with van der Waals surface area (Å²) in [5.41, 5.74) is 5.81. The Balaban J connectivity index is 4.26. The van der Waals surface area contributed by atoms with Gasteiger partial charge in [0, 0.05) is 12.6 Å². The molecule has 17 heavy (non-hydrogen) atoms. The molecule has 2 unspecified atom stereocenters. The van der Waals surface area contributed by atoms with Crippen LogP contribution in [0.1, 0.15) is 40.0 Å². The van der Waals surface area contributed by atoms with Crippen molar-refractivity contribution in [1.29, 1.82) is 0 Å². The van der Waals surface area contributed by atoms with Crippen molar-refractivity contribution in [3.05, 3.63) is 0 Å². The van der Waals surface area contributed by atoms with Gasteiger partial charge in [-0.2, -0.15) is 0 Å². The lowest BCUT2D eigenvalue weighted by Crippen LogP contribution is -2.49. The minimum atomic E-state index is -0.364. The van der Waals surface area contributed by atoms with Gasteiger partial charge in [0.25, 0.3) is 0 Å². The second kappa shape index (κ2) is 8.48. The Bertz CT molecular complexity index is 207. The summed E-state index contributed by atoms with van der Waals surface area (Å²) < 4.78 is 0. The van der Waals surface area contributed by atoms with Crippen LogP contribution in [0, 0.1) is 5.92 Å². The Morgan fingerprint density at radius 1 is 1.35 bits per heavy atom. The van der Waals surface area contributed by atoms with Gasteiger partial charge in [0.1, 0.15) is 0 Å². The first-order valence-corrected chi connectivity index (χ1v) is 6.57. The number of nitrogens with zero attached hydrogens (tertiary/aromatic N) is 1. The van der Waals surface area contributed by atoms with Gasteiger partial charge in [0.2, 0.25) is 5.91 Å². The fourth-order valence-electron chi connectivity index (χ4n) is 1.94. The Morgan fingerprint density at radius 3 is 2.35 bits per heavy atom. The Morgan fingerprint density at radius 2 is 1.94 bits per heavy atom. The van der Waals surface area contributed by atoms with Crippen LogP contribution in [0.3, 0.4) is 0 Å². The fraction of sp³-hybridized carbons (Fsp3) is 0.923. The van der Waals surface area contributed by atoms with Crippen molar-refractivity contribution >= 4 is 5.91 Å². The third-order valence-corrected chi connectivity index (χ3v) is 2.62. The minimum Gasteiger partial charge on any atom is -0.351 e. The van der Waals surface area contributed by atoms with Crippen molar-refractivity contribution in [3.8, 4) is 0 Å². The average Bonchev–Trinajstić information content (AvgIpc) is 2.15. The predicted molar refractivity (Wildman–Crippen MR) is 72.8 cm³/mol. The van der Waals surface area contributed by atoms with E-state index in [4.69, 9.17) is 5.73 Å². The van der Waals surface area contributed by atoms with Crippen LogP contribution in [0.25, 0.3) is 0 Å². The molecule has 1 amide bonds. The predicted octanol–water partition coefficient (Wildman–Crippen LogP) is 1.21. The molecule has 0 aromatic heterocycles. The quantitative estimate of drug-likeness (QED) is 0.673. The molecule has 0 saturated carbocycles. The van der Waals surface area contributed by atoms with Crippen LogP contribution in [0.2, 0.25) is 0 Å². The monoisotopic (exact) mass is 243 g/mol. The molecule has 0 spiro atoms. The summed E-state index contributed by atoms with van der Waals surface area (Å²) in [6, 6.07) is -0.169. The number of carbonyl (C=O) groups excluding carboxylic acids is 1. The maximum Gasteiger partial charge on any atom is 0.237 e. The van der Waals surface area contributed by atoms with Gasteiger partial charge in [-0.05, 0) is 32.9 Å². The number of nitrogens with one attached hydrogen (secondary N) is 1. The number of hydrogen-bond donors (Lipinski definition) is 2. The van der Waals surface area contributed by atoms with Crippen LogP contribution in [0.15, 0.2) is 0 Å². The van der Waals surface area contributed by atoms with E-state index in [2.05, 4.69) is 24.1 Å². The van der Waals surface area contributed by atoms with Gasteiger partial charge in [0.15, 0.2) is 0 Å². The molecule has 102 valence electrons. The van der Waals surface area contributed by atoms with Crippen LogP contribution in [0.4, 0.5) is 0 Å². The van der Waals surface area contributed by atoms with E-state index in [0.29, 0.717) is 5.92 Å². The van der Waals surface area contributed by atoms with Crippen LogP contribution in [-0.2, 0) is 4.79 Å². The topological polar surface area (TPSA) is 58.4 Å². The highest BCUT2D eigenvalue weighted by Crippen LogP contribution is 2.06. The first-order chi connectivity index (χ1) is 7.86. The van der Waals surface area contributed by atoms with Crippen molar-refractivity contribution in [2.75, 3.05) is 20.6 Å². The molecule has 0 saturated heterocycles. The molecule has 0 aromatic carbocycles. The summed E-state index contributed by atoms with van der Waals surface area (Å²) >= 11 is 0. The molecular formula is C13H29N3O. The molecule has 0 rings (SSSR count). The van der Waals surface area contributed by atoms with Crippen molar-refractivity contribution in [2.24, 2.45) is 11.7 Å². The Hall–Kier alpha value is -0.610. The van der Waals surface area contributed by atoms with Crippen LogP contribution < -0.4 is 11.1 Å². The molecule has 0 aliphatic heterocycles. The zero-order chi connectivity index (χ0) is 13.4. The molecule has 2 atom stereocenters. The van der Waals surface area contributed by atoms with Crippen LogP contribution in [0.5, 0.6) is 0 Å². The van der Waals surface area contributed by atoms with Gasteiger partial charge >= 0.3 is 0 Å². The third-order valence-electron chi connectivity index (χ3n) is 2.62. The van der Waals surface area contributed by atoms with E-state index in [1.165, 1.54) is 0 Å². The summed E-state index contributed by atoms with van der Waals surface area (Å²) in [6.07, 6.45) is 2.68. The van der Waals surface area contributed by atoms with Gasteiger partial charge in [-0.3, -0.25) is 4.79 Å². The standard InChI is InChI=1S/C13H29N3O/c1-6-7-12(14)13(17)15-11(8-10(2)3)9-16(4)5/h10-12H,6-9,14H2,1-5H3,(H,15,17). The maximum absolute atomic E-state index is 11.9. The lowest BCUT2D eigenvalue weighted by Gasteiger charge is -2.25. The molecule has 0 aliphatic carbocycles. The third kappa shape index (κ3) is 8.16. The van der Waals surface area contributed by atoms with E-state index in [1.807, 2.05) is 21.0 Å². The smallest absolute Gasteiger partial charge is 0.237 e. The van der Waals surface area contributed by atoms with E-state index in [9.17, 15) is 4.79 Å². The summed E-state index contributed by atoms with van der Waals surface area (Å²) in [5.74, 6) is 0.557. The van der Waals surface area contributed by atoms with Gasteiger partial charge in [0.05, 0.1) is 6.04 Å². The van der Waals surface area contributed by atoms with Gasteiger partial charge in [-0.25, -0.2) is 0 Å². The molecule has 3 N–H and O–H groups in total. The number of rotatable bonds is 8. The van der Waals surface area contributed by atoms with E-state index >= 15 is 0 Å². The normalized spacial score (nSPS) is 15.1. The molecule has 0 radical (unpaired) electrons. The minimum absolute atomic E-state index is 0.0145. The summed E-state index contributed by atoms with van der Waals surface area (Å²) in [7, 11) is 4.04. The molecule has 0 bridgehead atoms. The maximum atomic E-state index is 11.9. The van der Waals surface area contributed by atoms with Crippen molar-refractivity contribution in [2.45, 2.75) is 52.1 Å². The lowest BCUT2D eigenvalue weighted by molar-refractivity contribution is -0.123. The first-order valence-electron chi connectivity index (χ1n) is 6.57. The van der Waals surface area contributed by atoms with Crippen LogP contribution >= 0.6 is 0 Å². The van der Waals surface area contributed by atoms with Gasteiger partial charge in [-0.15, -0.1) is 0 Å². The Kier molecular flexibility index (Phi) is 8.17. The highest BCUT2D eigenvalue weighted by Gasteiger charge is 2.18. The second-order valence-corrected chi connectivity index (χ2v) is 5.49. The number of likely N-dealkylation sites (N-methyl/N-ethyl adjacent to an activating group) is 1. The SMILES string of the molecule is CCCC(N)C(=O)NC(CC(C)C)CN(C)C. The molecule has 0 fully saturated rings. The second-order valence-electron chi connectivity index (χ2n) is 5.49. The Labute approximate surface area is 106 Å². The zero-order valence-corrected chi connectivity index (χ0v) is 12.0. The molecular weight excluding hydrogens is 214 g/mol. The van der Waals surface area contributed by atoms with E-state index in [0.717, 1.165) is 25.8 Å². The lowest BCUT2D eigenvalue weighted by atomic mass is 10.0. The van der Waals surface area contributed by atoms with Crippen molar-refractivity contribution in [3.63, 3.8) is 0 Å². The fourth-order valence-corrected chi connectivity index (χ4v) is 1.94. The van der Waals surface area contributed by atoms with E-state index < -0.39 is 0 Å². The highest BCUT2D eigenvalue weighted by molar-refractivity contribution is 5.81. The van der Waals surface area contributed by atoms with Gasteiger partial charge < -0.3 is 16.0 Å². The summed E-state index contributed by atoms with van der Waals surface area (Å²) in [4.78, 5) is 13.9. The zero-order valence-electron chi connectivity index (χ0n) is 12.0. The van der Waals surface area contributed by atoms with Crippen molar-refractivity contribution < 1.29 is 4.79 Å². The number of carbonyl (C=O) groups is 1. The highest BCUT2D eigenvalue weighted by atomic mass is 16.2. The molecule has 4 nitrogen and oxygen atoms in total. The van der Waals surface area contributed by atoms with Crippen molar-refractivity contribution in [1.82, 2.24) is 10.2 Å². The van der Waals surface area contributed by atoms with E-state index in [-0.39, 0.29) is 18.0 Å². The molecule has 4 heteroatoms. The number of amides is 1. The molecule has 0 aliphatic rings. The number of hydrogen-bond acceptors (Lipinski definition) is 3. The average molecular weight is 243 g/mol. The summed E-state index contributed by atoms with van der Waals surface area (Å²) in [6.45, 7) is 7.24. The van der Waals surface area contributed by atoms with Gasteiger partial charge in [-0.1, -0.05) is 27.2 Å². The van der Waals surface area contributed by atoms with Crippen LogP contribution in [-0.4, -0.2) is 43.5 Å². The summed E-state index contributed by atoms with van der Waals surface area (Å²) in [5, 5.41) is 3.06. The first kappa shape index (κ1) is 16.4.